The zero-order valence-electron chi connectivity index (χ0n) is 18.0. The Morgan fingerprint density at radius 2 is 1.62 bits per heavy atom. The van der Waals surface area contributed by atoms with Crippen molar-refractivity contribution in [3.63, 3.8) is 0 Å². The van der Waals surface area contributed by atoms with Crippen LogP contribution in [-0.2, 0) is 14.8 Å². The molecule has 0 fully saturated rings. The van der Waals surface area contributed by atoms with Crippen molar-refractivity contribution in [3.05, 3.63) is 84.4 Å². The maximum atomic E-state index is 13.4. The van der Waals surface area contributed by atoms with E-state index < -0.39 is 10.0 Å². The molecule has 0 saturated heterocycles. The van der Waals surface area contributed by atoms with Crippen molar-refractivity contribution in [3.8, 4) is 5.75 Å². The van der Waals surface area contributed by atoms with Gasteiger partial charge in [-0.15, -0.1) is 11.8 Å². The van der Waals surface area contributed by atoms with E-state index in [9.17, 15) is 13.2 Å². The van der Waals surface area contributed by atoms with Gasteiger partial charge in [0.15, 0.2) is 0 Å². The van der Waals surface area contributed by atoms with Crippen molar-refractivity contribution in [1.29, 1.82) is 0 Å². The number of amides is 1. The van der Waals surface area contributed by atoms with Gasteiger partial charge in [-0.05, 0) is 55.5 Å². The fourth-order valence-electron chi connectivity index (χ4n) is 2.96. The first-order valence-corrected chi connectivity index (χ1v) is 12.5. The van der Waals surface area contributed by atoms with Crippen molar-refractivity contribution < 1.29 is 17.9 Å². The third kappa shape index (κ3) is 6.27. The molecule has 3 aromatic rings. The largest absolute Gasteiger partial charge is 0.497 e. The van der Waals surface area contributed by atoms with Crippen LogP contribution in [0.4, 0.5) is 5.69 Å². The molecule has 3 aromatic carbocycles. The summed E-state index contributed by atoms with van der Waals surface area (Å²) in [6.07, 6.45) is 0. The summed E-state index contributed by atoms with van der Waals surface area (Å²) in [4.78, 5) is 13.9. The fourth-order valence-corrected chi connectivity index (χ4v) is 5.17. The molecule has 0 aromatic heterocycles. The van der Waals surface area contributed by atoms with Gasteiger partial charge in [0, 0.05) is 17.2 Å². The van der Waals surface area contributed by atoms with Gasteiger partial charge in [0.25, 0.3) is 10.0 Å². The predicted octanol–water partition coefficient (Wildman–Crippen LogP) is 4.11. The van der Waals surface area contributed by atoms with E-state index in [0.717, 1.165) is 14.8 Å². The number of thioether (sulfide) groups is 1. The average molecular weight is 471 g/mol. The highest BCUT2D eigenvalue weighted by atomic mass is 32.2. The lowest BCUT2D eigenvalue weighted by atomic mass is 10.2. The summed E-state index contributed by atoms with van der Waals surface area (Å²) in [5.41, 5.74) is 1.34. The highest BCUT2D eigenvalue weighted by Crippen LogP contribution is 2.26. The van der Waals surface area contributed by atoms with Gasteiger partial charge in [-0.25, -0.2) is 8.42 Å². The smallest absolute Gasteiger partial charge is 0.264 e. The number of hydrogen-bond acceptors (Lipinski definition) is 5. The van der Waals surface area contributed by atoms with Crippen LogP contribution in [0.2, 0.25) is 0 Å². The van der Waals surface area contributed by atoms with Gasteiger partial charge in [0.2, 0.25) is 5.91 Å². The van der Waals surface area contributed by atoms with Crippen molar-refractivity contribution in [2.45, 2.75) is 16.7 Å². The van der Waals surface area contributed by atoms with Crippen LogP contribution < -0.4 is 14.4 Å². The third-order valence-electron chi connectivity index (χ3n) is 4.69. The number of methoxy groups -OCH3 is 1. The van der Waals surface area contributed by atoms with Crippen molar-refractivity contribution in [1.82, 2.24) is 5.32 Å². The summed E-state index contributed by atoms with van der Waals surface area (Å²) < 4.78 is 33.0. The topological polar surface area (TPSA) is 75.7 Å². The maximum Gasteiger partial charge on any atom is 0.264 e. The second-order valence-corrected chi connectivity index (χ2v) is 10.1. The van der Waals surface area contributed by atoms with Crippen molar-refractivity contribution in [2.24, 2.45) is 0 Å². The first-order chi connectivity index (χ1) is 15.4. The van der Waals surface area contributed by atoms with Crippen molar-refractivity contribution in [2.75, 3.05) is 30.3 Å². The standard InChI is InChI=1S/C24H26N2O4S2/c1-19-8-14-23(15-9-19)32(28,29)26(20-10-12-21(30-2)13-11-20)18-24(27)25-16-17-31-22-6-4-3-5-7-22/h3-15H,16-18H2,1-2H3,(H,25,27). The summed E-state index contributed by atoms with van der Waals surface area (Å²) in [5, 5.41) is 2.82. The number of carbonyl (C=O) groups is 1. The molecule has 0 radical (unpaired) electrons. The quantitative estimate of drug-likeness (QED) is 0.357. The highest BCUT2D eigenvalue weighted by Gasteiger charge is 2.27. The number of ether oxygens (including phenoxy) is 1. The Bertz CT molecular complexity index is 1120. The Morgan fingerprint density at radius 1 is 0.969 bits per heavy atom. The average Bonchev–Trinajstić information content (AvgIpc) is 2.81. The fraction of sp³-hybridized carbons (Fsp3) is 0.208. The summed E-state index contributed by atoms with van der Waals surface area (Å²) >= 11 is 1.63. The molecule has 0 spiro atoms. The summed E-state index contributed by atoms with van der Waals surface area (Å²) in [7, 11) is -2.39. The summed E-state index contributed by atoms with van der Waals surface area (Å²) in [5.74, 6) is 0.914. The molecule has 3 rings (SSSR count). The van der Waals surface area contributed by atoms with Crippen LogP contribution >= 0.6 is 11.8 Å². The lowest BCUT2D eigenvalue weighted by molar-refractivity contribution is -0.119. The molecule has 0 saturated carbocycles. The van der Waals surface area contributed by atoms with Gasteiger partial charge in [0.05, 0.1) is 17.7 Å². The molecule has 0 unspecified atom stereocenters. The monoisotopic (exact) mass is 470 g/mol. The summed E-state index contributed by atoms with van der Waals surface area (Å²) in [6, 6.07) is 23.1. The maximum absolute atomic E-state index is 13.4. The number of anilines is 1. The minimum absolute atomic E-state index is 0.131. The molecule has 168 valence electrons. The molecule has 0 aliphatic heterocycles. The first-order valence-electron chi connectivity index (χ1n) is 10.1. The molecular weight excluding hydrogens is 444 g/mol. The van der Waals surface area contributed by atoms with Crippen molar-refractivity contribution >= 4 is 33.4 Å². The molecule has 0 aliphatic rings. The Labute approximate surface area is 193 Å². The highest BCUT2D eigenvalue weighted by molar-refractivity contribution is 7.99. The minimum atomic E-state index is -3.93. The Hall–Kier alpha value is -2.97. The summed E-state index contributed by atoms with van der Waals surface area (Å²) in [6.45, 7) is 2.00. The SMILES string of the molecule is COc1ccc(N(CC(=O)NCCSc2ccccc2)S(=O)(=O)c2ccc(C)cc2)cc1. The number of aryl methyl sites for hydroxylation is 1. The zero-order valence-corrected chi connectivity index (χ0v) is 19.7. The molecule has 1 amide bonds. The van der Waals surface area contributed by atoms with Crippen LogP contribution in [0, 0.1) is 6.92 Å². The molecular formula is C24H26N2O4S2. The van der Waals surface area contributed by atoms with E-state index in [4.69, 9.17) is 4.74 Å². The van der Waals surface area contributed by atoms with Gasteiger partial charge in [-0.2, -0.15) is 0 Å². The van der Waals surface area contributed by atoms with Gasteiger partial charge < -0.3 is 10.1 Å². The van der Waals surface area contributed by atoms with E-state index in [1.165, 1.54) is 7.11 Å². The van der Waals surface area contributed by atoms with Crippen LogP contribution in [0.15, 0.2) is 88.7 Å². The molecule has 0 atom stereocenters. The van der Waals surface area contributed by atoms with E-state index >= 15 is 0 Å². The lowest BCUT2D eigenvalue weighted by Crippen LogP contribution is -2.41. The molecule has 0 aliphatic carbocycles. The van der Waals surface area contributed by atoms with Gasteiger partial charge >= 0.3 is 0 Å². The molecule has 1 N–H and O–H groups in total. The van der Waals surface area contributed by atoms with E-state index in [1.54, 1.807) is 60.3 Å². The number of nitrogens with zero attached hydrogens (tertiary/aromatic N) is 1. The van der Waals surface area contributed by atoms with E-state index in [1.807, 2.05) is 37.3 Å². The van der Waals surface area contributed by atoms with Crippen LogP contribution in [0.5, 0.6) is 5.75 Å². The number of hydrogen-bond donors (Lipinski definition) is 1. The normalized spacial score (nSPS) is 11.1. The van der Waals surface area contributed by atoms with E-state index in [2.05, 4.69) is 5.32 Å². The van der Waals surface area contributed by atoms with Crippen LogP contribution in [0.25, 0.3) is 0 Å². The molecule has 32 heavy (non-hydrogen) atoms. The molecule has 0 bridgehead atoms. The number of benzene rings is 3. The Morgan fingerprint density at radius 3 is 2.25 bits per heavy atom. The Kier molecular flexibility index (Phi) is 8.19. The lowest BCUT2D eigenvalue weighted by Gasteiger charge is -2.24. The molecule has 0 heterocycles. The number of sulfonamides is 1. The van der Waals surface area contributed by atoms with Crippen LogP contribution in [0.3, 0.4) is 0 Å². The van der Waals surface area contributed by atoms with Gasteiger partial charge in [-0.1, -0.05) is 35.9 Å². The zero-order chi connectivity index (χ0) is 23.0. The first kappa shape index (κ1) is 23.7. The van der Waals surface area contributed by atoms with Crippen LogP contribution in [-0.4, -0.2) is 40.3 Å². The van der Waals surface area contributed by atoms with Gasteiger partial charge in [-0.3, -0.25) is 9.10 Å². The second-order valence-electron chi connectivity index (χ2n) is 7.03. The Balaban J connectivity index is 1.73. The number of carbonyl (C=O) groups excluding carboxylic acids is 1. The predicted molar refractivity (Wildman–Crippen MR) is 129 cm³/mol. The van der Waals surface area contributed by atoms with Gasteiger partial charge in [0.1, 0.15) is 12.3 Å². The van der Waals surface area contributed by atoms with Crippen LogP contribution in [0.1, 0.15) is 5.56 Å². The van der Waals surface area contributed by atoms with E-state index in [-0.39, 0.29) is 17.3 Å². The molecule has 8 heteroatoms. The third-order valence-corrected chi connectivity index (χ3v) is 7.49. The number of nitrogens with one attached hydrogen (secondary N) is 1. The number of rotatable bonds is 10. The molecule has 6 nitrogen and oxygen atoms in total. The van der Waals surface area contributed by atoms with E-state index in [0.29, 0.717) is 23.7 Å². The minimum Gasteiger partial charge on any atom is -0.497 e. The second kappa shape index (κ2) is 11.1.